The quantitative estimate of drug-likeness (QED) is 0.810. The van der Waals surface area contributed by atoms with Gasteiger partial charge >= 0.3 is 5.97 Å². The smallest absolute Gasteiger partial charge is 0.344 e. The fraction of sp³-hybridized carbons (Fsp3) is 0.214. The van der Waals surface area contributed by atoms with E-state index in [9.17, 15) is 4.79 Å². The summed E-state index contributed by atoms with van der Waals surface area (Å²) < 4.78 is 11.1. The van der Waals surface area contributed by atoms with E-state index in [4.69, 9.17) is 9.47 Å². The Morgan fingerprint density at radius 1 is 1.22 bits per heavy atom. The fourth-order valence-corrected chi connectivity index (χ4v) is 2.12. The average molecular weight is 309 g/mol. The molecule has 2 aromatic rings. The molecular weight excluding hydrogens is 296 g/mol. The number of esters is 1. The van der Waals surface area contributed by atoms with E-state index in [1.807, 2.05) is 36.4 Å². The minimum atomic E-state index is -0.363. The molecule has 0 atom stereocenters. The molecule has 18 heavy (non-hydrogen) atoms. The van der Waals surface area contributed by atoms with Crippen LogP contribution in [-0.2, 0) is 9.53 Å². The Morgan fingerprint density at radius 3 is 2.56 bits per heavy atom. The normalized spacial score (nSPS) is 10.3. The maximum absolute atomic E-state index is 11.2. The number of benzene rings is 2. The topological polar surface area (TPSA) is 35.5 Å². The number of halogens is 1. The molecule has 0 aliphatic heterocycles. The highest BCUT2D eigenvalue weighted by Gasteiger charge is 2.07. The first-order valence-electron chi connectivity index (χ1n) is 5.67. The van der Waals surface area contributed by atoms with E-state index in [2.05, 4.69) is 15.9 Å². The summed E-state index contributed by atoms with van der Waals surface area (Å²) in [6, 6.07) is 11.8. The van der Waals surface area contributed by atoms with Crippen LogP contribution in [0, 0.1) is 0 Å². The van der Waals surface area contributed by atoms with Crippen molar-refractivity contribution in [1.82, 2.24) is 0 Å². The lowest BCUT2D eigenvalue weighted by molar-refractivity contribution is -0.145. The molecule has 0 aliphatic rings. The maximum atomic E-state index is 11.2. The van der Waals surface area contributed by atoms with E-state index in [-0.39, 0.29) is 12.6 Å². The molecule has 3 nitrogen and oxygen atoms in total. The third kappa shape index (κ3) is 3.01. The number of fused-ring (bicyclic) bond motifs is 1. The zero-order valence-corrected chi connectivity index (χ0v) is 11.6. The second-order valence-electron chi connectivity index (χ2n) is 3.72. The van der Waals surface area contributed by atoms with Gasteiger partial charge in [0.15, 0.2) is 6.61 Å². The van der Waals surface area contributed by atoms with Crippen molar-refractivity contribution in [2.75, 3.05) is 13.2 Å². The number of carbonyl (C=O) groups excluding carboxylic acids is 1. The standard InChI is InChI=1S/C14H13BrO3/c1-2-17-14(16)9-18-13-8-11-6-4-3-5-10(11)7-12(13)15/h3-8H,2,9H2,1H3. The molecule has 0 saturated carbocycles. The minimum absolute atomic E-state index is 0.0786. The van der Waals surface area contributed by atoms with Gasteiger partial charge in [-0.1, -0.05) is 24.3 Å². The van der Waals surface area contributed by atoms with Crippen LogP contribution in [-0.4, -0.2) is 19.2 Å². The fourth-order valence-electron chi connectivity index (χ4n) is 1.64. The Morgan fingerprint density at radius 2 is 1.89 bits per heavy atom. The first-order valence-corrected chi connectivity index (χ1v) is 6.46. The molecule has 2 aromatic carbocycles. The summed E-state index contributed by atoms with van der Waals surface area (Å²) in [6.07, 6.45) is 0. The van der Waals surface area contributed by atoms with E-state index in [0.29, 0.717) is 12.4 Å². The highest BCUT2D eigenvalue weighted by atomic mass is 79.9. The number of hydrogen-bond donors (Lipinski definition) is 0. The van der Waals surface area contributed by atoms with Crippen LogP contribution < -0.4 is 4.74 Å². The van der Waals surface area contributed by atoms with Gasteiger partial charge in [-0.25, -0.2) is 4.79 Å². The minimum Gasteiger partial charge on any atom is -0.481 e. The van der Waals surface area contributed by atoms with E-state index < -0.39 is 0 Å². The van der Waals surface area contributed by atoms with Crippen LogP contribution in [0.4, 0.5) is 0 Å². The Balaban J connectivity index is 2.17. The van der Waals surface area contributed by atoms with Crippen molar-refractivity contribution in [2.45, 2.75) is 6.92 Å². The van der Waals surface area contributed by atoms with Crippen LogP contribution in [0.2, 0.25) is 0 Å². The zero-order chi connectivity index (χ0) is 13.0. The number of carbonyl (C=O) groups is 1. The van der Waals surface area contributed by atoms with Crippen molar-refractivity contribution in [1.29, 1.82) is 0 Å². The van der Waals surface area contributed by atoms with Gasteiger partial charge in [-0.2, -0.15) is 0 Å². The molecular formula is C14H13BrO3. The highest BCUT2D eigenvalue weighted by molar-refractivity contribution is 9.10. The van der Waals surface area contributed by atoms with E-state index in [0.717, 1.165) is 15.2 Å². The lowest BCUT2D eigenvalue weighted by Gasteiger charge is -2.09. The largest absolute Gasteiger partial charge is 0.481 e. The lowest BCUT2D eigenvalue weighted by Crippen LogP contribution is -2.14. The molecule has 0 spiro atoms. The van der Waals surface area contributed by atoms with Crippen molar-refractivity contribution in [3.63, 3.8) is 0 Å². The van der Waals surface area contributed by atoms with Crippen molar-refractivity contribution in [3.8, 4) is 5.75 Å². The summed E-state index contributed by atoms with van der Waals surface area (Å²) in [5, 5.41) is 2.19. The molecule has 0 radical (unpaired) electrons. The second-order valence-corrected chi connectivity index (χ2v) is 4.58. The monoisotopic (exact) mass is 308 g/mol. The summed E-state index contributed by atoms with van der Waals surface area (Å²) in [5.74, 6) is 0.277. The van der Waals surface area contributed by atoms with Crippen molar-refractivity contribution >= 4 is 32.7 Å². The van der Waals surface area contributed by atoms with Gasteiger partial charge in [-0.15, -0.1) is 0 Å². The Bertz CT molecular complexity index is 566. The molecule has 0 heterocycles. The molecule has 94 valence electrons. The van der Waals surface area contributed by atoms with Gasteiger partial charge in [0, 0.05) is 0 Å². The van der Waals surface area contributed by atoms with Gasteiger partial charge in [-0.05, 0) is 45.8 Å². The van der Waals surface area contributed by atoms with Crippen LogP contribution in [0.5, 0.6) is 5.75 Å². The predicted molar refractivity (Wildman–Crippen MR) is 73.8 cm³/mol. The average Bonchev–Trinajstić information content (AvgIpc) is 2.36. The third-order valence-corrected chi connectivity index (χ3v) is 3.07. The van der Waals surface area contributed by atoms with Gasteiger partial charge in [0.1, 0.15) is 5.75 Å². The van der Waals surface area contributed by atoms with E-state index in [1.165, 1.54) is 0 Å². The zero-order valence-electron chi connectivity index (χ0n) is 9.98. The number of ether oxygens (including phenoxy) is 2. The summed E-state index contributed by atoms with van der Waals surface area (Å²) in [4.78, 5) is 11.2. The number of rotatable bonds is 4. The first-order chi connectivity index (χ1) is 8.70. The molecule has 0 bridgehead atoms. The Labute approximate surface area is 114 Å². The highest BCUT2D eigenvalue weighted by Crippen LogP contribution is 2.30. The second kappa shape index (κ2) is 5.87. The van der Waals surface area contributed by atoms with E-state index in [1.54, 1.807) is 6.92 Å². The molecule has 0 aromatic heterocycles. The van der Waals surface area contributed by atoms with Crippen molar-refractivity contribution in [3.05, 3.63) is 40.9 Å². The van der Waals surface area contributed by atoms with Crippen LogP contribution in [0.25, 0.3) is 10.8 Å². The van der Waals surface area contributed by atoms with Gasteiger partial charge in [0.05, 0.1) is 11.1 Å². The van der Waals surface area contributed by atoms with E-state index >= 15 is 0 Å². The summed E-state index contributed by atoms with van der Waals surface area (Å²) >= 11 is 3.43. The lowest BCUT2D eigenvalue weighted by atomic mass is 10.1. The Kier molecular flexibility index (Phi) is 4.20. The molecule has 0 N–H and O–H groups in total. The third-order valence-electron chi connectivity index (χ3n) is 2.45. The van der Waals surface area contributed by atoms with Gasteiger partial charge < -0.3 is 9.47 Å². The van der Waals surface area contributed by atoms with Crippen LogP contribution in [0.1, 0.15) is 6.92 Å². The molecule has 0 saturated heterocycles. The maximum Gasteiger partial charge on any atom is 0.344 e. The summed E-state index contributed by atoms with van der Waals surface area (Å²) in [7, 11) is 0. The van der Waals surface area contributed by atoms with Crippen LogP contribution in [0.3, 0.4) is 0 Å². The molecule has 4 heteroatoms. The van der Waals surface area contributed by atoms with Crippen LogP contribution >= 0.6 is 15.9 Å². The first kappa shape index (κ1) is 12.9. The molecule has 0 fully saturated rings. The Hall–Kier alpha value is -1.55. The van der Waals surface area contributed by atoms with Gasteiger partial charge in [0.2, 0.25) is 0 Å². The van der Waals surface area contributed by atoms with Crippen LogP contribution in [0.15, 0.2) is 40.9 Å². The molecule has 0 amide bonds. The summed E-state index contributed by atoms with van der Waals surface area (Å²) in [6.45, 7) is 2.05. The number of hydrogen-bond acceptors (Lipinski definition) is 3. The van der Waals surface area contributed by atoms with Gasteiger partial charge in [0.25, 0.3) is 0 Å². The molecule has 0 aliphatic carbocycles. The predicted octanol–water partition coefficient (Wildman–Crippen LogP) is 3.54. The van der Waals surface area contributed by atoms with Crippen molar-refractivity contribution < 1.29 is 14.3 Å². The van der Waals surface area contributed by atoms with Gasteiger partial charge in [-0.3, -0.25) is 0 Å². The summed E-state index contributed by atoms with van der Waals surface area (Å²) in [5.41, 5.74) is 0. The molecule has 0 unspecified atom stereocenters. The molecule has 2 rings (SSSR count). The SMILES string of the molecule is CCOC(=O)COc1cc2ccccc2cc1Br. The van der Waals surface area contributed by atoms with Crippen molar-refractivity contribution in [2.24, 2.45) is 0 Å².